The molecule has 29 heavy (non-hydrogen) atoms. The zero-order valence-electron chi connectivity index (χ0n) is 16.0. The van der Waals surface area contributed by atoms with Crippen LogP contribution in [0.25, 0.3) is 5.69 Å². The monoisotopic (exact) mass is 437 g/mol. The van der Waals surface area contributed by atoms with Crippen LogP contribution < -0.4 is 0 Å². The van der Waals surface area contributed by atoms with E-state index in [4.69, 9.17) is 0 Å². The van der Waals surface area contributed by atoms with E-state index in [1.54, 1.807) is 29.1 Å². The van der Waals surface area contributed by atoms with E-state index in [2.05, 4.69) is 4.98 Å². The van der Waals surface area contributed by atoms with Crippen molar-refractivity contribution in [3.63, 3.8) is 0 Å². The van der Waals surface area contributed by atoms with Crippen molar-refractivity contribution in [1.29, 1.82) is 0 Å². The Kier molecular flexibility index (Phi) is 5.96. The van der Waals surface area contributed by atoms with Gasteiger partial charge in [-0.05, 0) is 37.5 Å². The van der Waals surface area contributed by atoms with Crippen LogP contribution in [0.2, 0.25) is 0 Å². The largest absolute Gasteiger partial charge is 0.335 e. The molecule has 2 aromatic rings. The van der Waals surface area contributed by atoms with E-state index in [9.17, 15) is 17.6 Å². The van der Waals surface area contributed by atoms with Crippen LogP contribution in [-0.4, -0.2) is 58.1 Å². The molecule has 1 aromatic heterocycles. The predicted octanol–water partition coefficient (Wildman–Crippen LogP) is 3.06. The lowest BCUT2D eigenvalue weighted by molar-refractivity contribution is -0.132. The number of halogens is 1. The van der Waals surface area contributed by atoms with Crippen molar-refractivity contribution >= 4 is 27.5 Å². The van der Waals surface area contributed by atoms with Crippen LogP contribution in [0, 0.1) is 5.82 Å². The highest BCUT2D eigenvalue weighted by molar-refractivity contribution is 7.99. The Morgan fingerprint density at radius 3 is 2.72 bits per heavy atom. The van der Waals surface area contributed by atoms with Gasteiger partial charge in [0.25, 0.3) is 0 Å². The van der Waals surface area contributed by atoms with E-state index in [1.165, 1.54) is 23.9 Å². The number of nitrogens with zero attached hydrogens (tertiary/aromatic N) is 3. The maximum Gasteiger partial charge on any atom is 0.233 e. The lowest BCUT2D eigenvalue weighted by atomic mass is 10.1. The average Bonchev–Trinajstić information content (AvgIpc) is 3.42. The Labute approximate surface area is 174 Å². The van der Waals surface area contributed by atoms with Gasteiger partial charge < -0.3 is 4.90 Å². The molecule has 2 fully saturated rings. The fourth-order valence-electron chi connectivity index (χ4n) is 4.30. The van der Waals surface area contributed by atoms with Crippen LogP contribution in [0.4, 0.5) is 4.39 Å². The summed E-state index contributed by atoms with van der Waals surface area (Å²) in [6, 6.07) is 6.12. The van der Waals surface area contributed by atoms with E-state index in [-0.39, 0.29) is 41.1 Å². The first kappa shape index (κ1) is 20.4. The second-order valence-electron chi connectivity index (χ2n) is 7.64. The Morgan fingerprint density at radius 1 is 1.24 bits per heavy atom. The van der Waals surface area contributed by atoms with Crippen LogP contribution >= 0.6 is 11.8 Å². The number of carbonyl (C=O) groups is 1. The first-order valence-corrected chi connectivity index (χ1v) is 12.7. The molecule has 1 aliphatic carbocycles. The minimum atomic E-state index is -3.06. The lowest BCUT2D eigenvalue weighted by Gasteiger charge is -2.34. The molecule has 156 valence electrons. The highest BCUT2D eigenvalue weighted by Crippen LogP contribution is 2.30. The van der Waals surface area contributed by atoms with E-state index in [0.29, 0.717) is 17.3 Å². The number of aromatic nitrogens is 2. The molecular weight excluding hydrogens is 413 g/mol. The van der Waals surface area contributed by atoms with Crippen molar-refractivity contribution in [1.82, 2.24) is 14.5 Å². The van der Waals surface area contributed by atoms with Gasteiger partial charge in [-0.15, -0.1) is 0 Å². The molecule has 1 aromatic carbocycles. The quantitative estimate of drug-likeness (QED) is 0.650. The molecule has 1 aliphatic heterocycles. The Balaban J connectivity index is 1.48. The molecule has 6 nitrogen and oxygen atoms in total. The molecule has 0 spiro atoms. The fraction of sp³-hybridized carbons (Fsp3) is 0.500. The average molecular weight is 438 g/mol. The molecule has 2 aliphatic rings. The molecule has 4 rings (SSSR count). The van der Waals surface area contributed by atoms with Crippen LogP contribution in [0.15, 0.2) is 41.8 Å². The van der Waals surface area contributed by atoms with Gasteiger partial charge in [-0.2, -0.15) is 0 Å². The Morgan fingerprint density at radius 2 is 2.03 bits per heavy atom. The molecule has 0 radical (unpaired) electrons. The summed E-state index contributed by atoms with van der Waals surface area (Å²) in [5.41, 5.74) is 0.645. The number of hydrogen-bond acceptors (Lipinski definition) is 5. The number of rotatable bonds is 6. The third kappa shape index (κ3) is 4.66. The van der Waals surface area contributed by atoms with Gasteiger partial charge in [0.15, 0.2) is 15.0 Å². The smallest absolute Gasteiger partial charge is 0.233 e. The summed E-state index contributed by atoms with van der Waals surface area (Å²) in [5, 5.41) is 0.606. The van der Waals surface area contributed by atoms with Gasteiger partial charge >= 0.3 is 0 Å². The number of imidazole rings is 1. The fourth-order valence-corrected chi connectivity index (χ4v) is 6.86. The van der Waals surface area contributed by atoms with Crippen LogP contribution in [0.5, 0.6) is 0 Å². The summed E-state index contributed by atoms with van der Waals surface area (Å²) < 4.78 is 39.3. The molecule has 2 heterocycles. The number of benzene rings is 1. The number of thioether (sulfide) groups is 1. The third-order valence-electron chi connectivity index (χ3n) is 5.63. The van der Waals surface area contributed by atoms with Gasteiger partial charge in [-0.3, -0.25) is 9.36 Å². The number of carbonyl (C=O) groups excluding carboxylic acids is 1. The van der Waals surface area contributed by atoms with Crippen molar-refractivity contribution in [2.24, 2.45) is 0 Å². The topological polar surface area (TPSA) is 72.3 Å². The molecule has 0 N–H and O–H groups in total. The summed E-state index contributed by atoms with van der Waals surface area (Å²) in [6.07, 6.45) is 7.90. The van der Waals surface area contributed by atoms with E-state index in [0.717, 1.165) is 25.7 Å². The summed E-state index contributed by atoms with van der Waals surface area (Å²) in [4.78, 5) is 19.3. The maximum atomic E-state index is 13.6. The van der Waals surface area contributed by atoms with Crippen molar-refractivity contribution in [2.45, 2.75) is 49.3 Å². The van der Waals surface area contributed by atoms with Gasteiger partial charge in [0.1, 0.15) is 5.82 Å². The standard InChI is InChI=1S/C20H24FN3O3S2/c21-15-4-3-7-17(12-15)23-10-9-22-20(23)28-13-19(25)24(16-5-1-2-6-16)18-8-11-29(26,27)14-18/h3-4,7,9-10,12,16,18H,1-2,5-6,8,11,13-14H2/t18-/m1/s1. The second kappa shape index (κ2) is 8.47. The van der Waals surface area contributed by atoms with E-state index >= 15 is 0 Å². The molecule has 1 saturated heterocycles. The molecule has 0 unspecified atom stereocenters. The first-order chi connectivity index (χ1) is 13.9. The highest BCUT2D eigenvalue weighted by Gasteiger charge is 2.38. The molecule has 1 amide bonds. The van der Waals surface area contributed by atoms with Crippen LogP contribution in [0.1, 0.15) is 32.1 Å². The minimum Gasteiger partial charge on any atom is -0.335 e. The Hall–Kier alpha value is -1.87. The summed E-state index contributed by atoms with van der Waals surface area (Å²) >= 11 is 1.30. The SMILES string of the molecule is O=C(CSc1nccn1-c1cccc(F)c1)N(C1CCCC1)[C@@H]1CCS(=O)(=O)C1. The summed E-state index contributed by atoms with van der Waals surface area (Å²) in [7, 11) is -3.06. The van der Waals surface area contributed by atoms with Gasteiger partial charge in [0.2, 0.25) is 5.91 Å². The van der Waals surface area contributed by atoms with E-state index in [1.807, 2.05) is 4.90 Å². The van der Waals surface area contributed by atoms with Crippen molar-refractivity contribution in [3.8, 4) is 5.69 Å². The normalized spacial score (nSPS) is 21.5. The zero-order chi connectivity index (χ0) is 20.4. The Bertz CT molecular complexity index is 986. The molecule has 1 saturated carbocycles. The molecule has 1 atom stereocenters. The zero-order valence-corrected chi connectivity index (χ0v) is 17.7. The van der Waals surface area contributed by atoms with Crippen LogP contribution in [0.3, 0.4) is 0 Å². The van der Waals surface area contributed by atoms with Crippen molar-refractivity contribution in [3.05, 3.63) is 42.5 Å². The molecule has 9 heteroatoms. The lowest BCUT2D eigenvalue weighted by Crippen LogP contribution is -2.47. The maximum absolute atomic E-state index is 13.6. The second-order valence-corrected chi connectivity index (χ2v) is 10.8. The van der Waals surface area contributed by atoms with Gasteiger partial charge in [0, 0.05) is 24.5 Å². The van der Waals surface area contributed by atoms with Crippen molar-refractivity contribution < 1.29 is 17.6 Å². The van der Waals surface area contributed by atoms with Gasteiger partial charge in [-0.25, -0.2) is 17.8 Å². The highest BCUT2D eigenvalue weighted by atomic mass is 32.2. The first-order valence-electron chi connectivity index (χ1n) is 9.87. The predicted molar refractivity (Wildman–Crippen MR) is 110 cm³/mol. The van der Waals surface area contributed by atoms with E-state index < -0.39 is 9.84 Å². The molecular formula is C20H24FN3O3S2. The van der Waals surface area contributed by atoms with Crippen LogP contribution in [-0.2, 0) is 14.6 Å². The number of sulfone groups is 1. The molecule has 0 bridgehead atoms. The summed E-state index contributed by atoms with van der Waals surface area (Å²) in [5.74, 6) is 0.0264. The summed E-state index contributed by atoms with van der Waals surface area (Å²) in [6.45, 7) is 0. The number of hydrogen-bond donors (Lipinski definition) is 0. The van der Waals surface area contributed by atoms with Gasteiger partial charge in [-0.1, -0.05) is 30.7 Å². The number of amides is 1. The third-order valence-corrected chi connectivity index (χ3v) is 8.33. The van der Waals surface area contributed by atoms with Crippen molar-refractivity contribution in [2.75, 3.05) is 17.3 Å². The van der Waals surface area contributed by atoms with Gasteiger partial charge in [0.05, 0.1) is 22.9 Å². The minimum absolute atomic E-state index is 0.0437.